The number of benzene rings is 4. The molecule has 0 atom stereocenters. The Bertz CT molecular complexity index is 1720. The Balaban J connectivity index is 1.45. The summed E-state index contributed by atoms with van der Waals surface area (Å²) in [5, 5.41) is 5.07. The van der Waals surface area contributed by atoms with Crippen LogP contribution in [0.4, 0.5) is 18.9 Å². The molecule has 0 aliphatic carbocycles. The molecule has 0 radical (unpaired) electrons. The van der Waals surface area contributed by atoms with Crippen LogP contribution in [0.3, 0.4) is 0 Å². The van der Waals surface area contributed by atoms with Gasteiger partial charge in [-0.2, -0.15) is 13.2 Å². The first-order valence-electron chi connectivity index (χ1n) is 11.9. The fourth-order valence-electron chi connectivity index (χ4n) is 4.80. The average Bonchev–Trinajstić information content (AvgIpc) is 3.39. The monoisotopic (exact) mass is 493 g/mol. The third-order valence-electron chi connectivity index (χ3n) is 6.55. The van der Waals surface area contributed by atoms with Crippen molar-refractivity contribution in [3.63, 3.8) is 0 Å². The van der Waals surface area contributed by atoms with Crippen LogP contribution in [0.2, 0.25) is 0 Å². The number of hydrogen-bond acceptors (Lipinski definition) is 2. The predicted octanol–water partition coefficient (Wildman–Crippen LogP) is 8.68. The van der Waals surface area contributed by atoms with Crippen molar-refractivity contribution >= 4 is 27.5 Å². The van der Waals surface area contributed by atoms with Crippen LogP contribution in [0, 0.1) is 0 Å². The van der Waals surface area contributed by atoms with Gasteiger partial charge < -0.3 is 10.3 Å². The molecule has 4 aromatic carbocycles. The third kappa shape index (κ3) is 4.42. The van der Waals surface area contributed by atoms with Crippen molar-refractivity contribution in [3.05, 3.63) is 121 Å². The van der Waals surface area contributed by atoms with E-state index in [0.717, 1.165) is 50.5 Å². The van der Waals surface area contributed by atoms with Crippen LogP contribution >= 0.6 is 0 Å². The van der Waals surface area contributed by atoms with E-state index in [9.17, 15) is 13.2 Å². The molecule has 0 unspecified atom stereocenters. The first kappa shape index (κ1) is 22.9. The van der Waals surface area contributed by atoms with Crippen LogP contribution in [0.15, 0.2) is 109 Å². The molecule has 0 saturated carbocycles. The Kier molecular flexibility index (Phi) is 5.64. The minimum absolute atomic E-state index is 0.0529. The van der Waals surface area contributed by atoms with Gasteiger partial charge in [0.25, 0.3) is 0 Å². The number of aromatic nitrogens is 2. The van der Waals surface area contributed by atoms with E-state index in [2.05, 4.69) is 33.5 Å². The maximum Gasteiger partial charge on any atom is 0.418 e. The van der Waals surface area contributed by atoms with Crippen molar-refractivity contribution in [2.75, 3.05) is 5.32 Å². The normalized spacial score (nSPS) is 11.8. The lowest BCUT2D eigenvalue weighted by Gasteiger charge is -2.17. The maximum atomic E-state index is 13.8. The number of alkyl halides is 3. The van der Waals surface area contributed by atoms with Gasteiger partial charge in [-0.1, -0.05) is 60.7 Å². The predicted molar refractivity (Wildman–Crippen MR) is 143 cm³/mol. The number of halogens is 3. The molecule has 0 aliphatic heterocycles. The molecule has 0 saturated heterocycles. The van der Waals surface area contributed by atoms with Crippen molar-refractivity contribution < 1.29 is 13.2 Å². The first-order chi connectivity index (χ1) is 18.0. The highest BCUT2D eigenvalue weighted by molar-refractivity contribution is 6.03. The summed E-state index contributed by atoms with van der Waals surface area (Å²) >= 11 is 0. The number of fused-ring (bicyclic) bond motifs is 2. The summed E-state index contributed by atoms with van der Waals surface area (Å²) in [5.41, 5.74) is 5.51. The van der Waals surface area contributed by atoms with Crippen LogP contribution < -0.4 is 5.32 Å². The molecule has 0 amide bonds. The van der Waals surface area contributed by atoms with Gasteiger partial charge in [-0.3, -0.25) is 4.98 Å². The van der Waals surface area contributed by atoms with Gasteiger partial charge in [0, 0.05) is 46.7 Å². The summed E-state index contributed by atoms with van der Waals surface area (Å²) in [6.07, 6.45) is -1.03. The summed E-state index contributed by atoms with van der Waals surface area (Å²) in [4.78, 5) is 7.49. The number of para-hydroxylation sites is 1. The second kappa shape index (κ2) is 9.13. The number of rotatable bonds is 5. The van der Waals surface area contributed by atoms with Crippen LogP contribution in [-0.2, 0) is 12.7 Å². The zero-order chi connectivity index (χ0) is 25.4. The van der Waals surface area contributed by atoms with Gasteiger partial charge in [0.1, 0.15) is 0 Å². The highest BCUT2D eigenvalue weighted by atomic mass is 19.4. The topological polar surface area (TPSA) is 40.7 Å². The quantitative estimate of drug-likeness (QED) is 0.252. The number of anilines is 1. The Morgan fingerprint density at radius 1 is 0.784 bits per heavy atom. The number of hydrogen-bond donors (Lipinski definition) is 2. The van der Waals surface area contributed by atoms with E-state index in [-0.39, 0.29) is 5.52 Å². The number of nitrogens with one attached hydrogen (secondary N) is 2. The van der Waals surface area contributed by atoms with E-state index in [1.54, 1.807) is 12.3 Å². The van der Waals surface area contributed by atoms with E-state index >= 15 is 0 Å². The second-order valence-electron chi connectivity index (χ2n) is 8.95. The van der Waals surface area contributed by atoms with E-state index in [1.807, 2.05) is 66.9 Å². The molecule has 6 aromatic rings. The van der Waals surface area contributed by atoms with Crippen LogP contribution in [0.25, 0.3) is 44.1 Å². The molecular weight excluding hydrogens is 471 g/mol. The second-order valence-corrected chi connectivity index (χ2v) is 8.95. The molecule has 0 aliphatic rings. The first-order valence-corrected chi connectivity index (χ1v) is 11.9. The molecule has 3 nitrogen and oxygen atoms in total. The Morgan fingerprint density at radius 2 is 1.59 bits per heavy atom. The zero-order valence-electron chi connectivity index (χ0n) is 19.7. The Labute approximate surface area is 211 Å². The standard InChI is InChI=1S/C31H22F3N3/c32-31(33,34)27-11-5-10-25-29(26(19-37-30(25)27)21-6-2-1-3-7-21)23-8-4-9-24(17-23)36-18-20-12-13-28-22(16-20)14-15-35-28/h1-17,19,35-36H,18H2. The molecule has 0 bridgehead atoms. The van der Waals surface area contributed by atoms with Gasteiger partial charge in [0.15, 0.2) is 0 Å². The number of H-pyrrole nitrogens is 1. The van der Waals surface area contributed by atoms with Crippen molar-refractivity contribution in [1.29, 1.82) is 0 Å². The average molecular weight is 494 g/mol. The SMILES string of the molecule is FC(F)(F)c1cccc2c(-c3cccc(NCc4ccc5[nH]ccc5c4)c3)c(-c3ccccc3)cnc12. The van der Waals surface area contributed by atoms with Gasteiger partial charge in [0.05, 0.1) is 11.1 Å². The summed E-state index contributed by atoms with van der Waals surface area (Å²) in [6.45, 7) is 0.616. The Hall–Kier alpha value is -4.58. The van der Waals surface area contributed by atoms with E-state index < -0.39 is 11.7 Å². The molecule has 37 heavy (non-hydrogen) atoms. The number of aromatic amines is 1. The van der Waals surface area contributed by atoms with Gasteiger partial charge in [-0.15, -0.1) is 0 Å². The molecule has 2 N–H and O–H groups in total. The zero-order valence-corrected chi connectivity index (χ0v) is 19.7. The molecule has 2 heterocycles. The molecule has 6 heteroatoms. The van der Waals surface area contributed by atoms with Crippen molar-refractivity contribution in [3.8, 4) is 22.3 Å². The summed E-state index contributed by atoms with van der Waals surface area (Å²) in [7, 11) is 0. The largest absolute Gasteiger partial charge is 0.418 e. The van der Waals surface area contributed by atoms with Gasteiger partial charge in [-0.05, 0) is 58.5 Å². The molecule has 2 aromatic heterocycles. The summed E-state index contributed by atoms with van der Waals surface area (Å²) in [6, 6.07) is 29.9. The Morgan fingerprint density at radius 3 is 2.43 bits per heavy atom. The highest BCUT2D eigenvalue weighted by Crippen LogP contribution is 2.41. The molecule has 182 valence electrons. The van der Waals surface area contributed by atoms with Crippen molar-refractivity contribution in [2.24, 2.45) is 0 Å². The smallest absolute Gasteiger partial charge is 0.381 e. The molecule has 0 spiro atoms. The lowest BCUT2D eigenvalue weighted by atomic mass is 9.91. The van der Waals surface area contributed by atoms with Gasteiger partial charge in [-0.25, -0.2) is 0 Å². The van der Waals surface area contributed by atoms with Gasteiger partial charge >= 0.3 is 6.18 Å². The van der Waals surface area contributed by atoms with E-state index in [0.29, 0.717) is 11.9 Å². The highest BCUT2D eigenvalue weighted by Gasteiger charge is 2.33. The van der Waals surface area contributed by atoms with Gasteiger partial charge in [0.2, 0.25) is 0 Å². The minimum Gasteiger partial charge on any atom is -0.381 e. The van der Waals surface area contributed by atoms with Crippen molar-refractivity contribution in [1.82, 2.24) is 9.97 Å². The minimum atomic E-state index is -4.50. The number of nitrogens with zero attached hydrogens (tertiary/aromatic N) is 1. The fraction of sp³-hybridized carbons (Fsp3) is 0.0645. The van der Waals surface area contributed by atoms with Crippen LogP contribution in [-0.4, -0.2) is 9.97 Å². The molecular formula is C31H22F3N3. The summed E-state index contributed by atoms with van der Waals surface area (Å²) < 4.78 is 41.5. The fourth-order valence-corrected chi connectivity index (χ4v) is 4.80. The lowest BCUT2D eigenvalue weighted by Crippen LogP contribution is -2.07. The maximum absolute atomic E-state index is 13.8. The molecule has 0 fully saturated rings. The van der Waals surface area contributed by atoms with Crippen molar-refractivity contribution in [2.45, 2.75) is 12.7 Å². The lowest BCUT2D eigenvalue weighted by molar-refractivity contribution is -0.136. The van der Waals surface area contributed by atoms with Crippen LogP contribution in [0.5, 0.6) is 0 Å². The van der Waals surface area contributed by atoms with E-state index in [1.165, 1.54) is 6.07 Å². The van der Waals surface area contributed by atoms with E-state index in [4.69, 9.17) is 0 Å². The van der Waals surface area contributed by atoms with Crippen LogP contribution in [0.1, 0.15) is 11.1 Å². The summed E-state index contributed by atoms with van der Waals surface area (Å²) in [5.74, 6) is 0. The molecule has 6 rings (SSSR count). The third-order valence-corrected chi connectivity index (χ3v) is 6.55. The number of pyridine rings is 1.